The third kappa shape index (κ3) is 1.41. The first-order chi connectivity index (χ1) is 8.56. The van der Waals surface area contributed by atoms with Crippen LogP contribution < -0.4 is 10.5 Å². The molecule has 0 radical (unpaired) electrons. The Bertz CT molecular complexity index is 634. The molecule has 2 atom stereocenters. The van der Waals surface area contributed by atoms with Gasteiger partial charge < -0.3 is 20.6 Å². The number of aromatic nitrogens is 1. The van der Waals surface area contributed by atoms with Crippen molar-refractivity contribution in [3.8, 4) is 5.75 Å². The molecule has 0 saturated heterocycles. The van der Waals surface area contributed by atoms with E-state index in [0.717, 1.165) is 22.2 Å². The summed E-state index contributed by atoms with van der Waals surface area (Å²) in [5.41, 5.74) is 6.64. The maximum Gasteiger partial charge on any atom is 0.324 e. The van der Waals surface area contributed by atoms with E-state index in [9.17, 15) is 4.79 Å². The molecule has 1 aliphatic rings. The average Bonchev–Trinajstić information content (AvgIpc) is 2.88. The molecule has 2 unspecified atom stereocenters. The molecule has 5 nitrogen and oxygen atoms in total. The van der Waals surface area contributed by atoms with Crippen LogP contribution in [-0.2, 0) is 4.79 Å². The van der Waals surface area contributed by atoms with Gasteiger partial charge in [0.2, 0.25) is 0 Å². The predicted octanol–water partition coefficient (Wildman–Crippen LogP) is 1.45. The van der Waals surface area contributed by atoms with Crippen LogP contribution in [0.4, 0.5) is 0 Å². The zero-order chi connectivity index (χ0) is 12.9. The fraction of sp³-hybridized carbons (Fsp3) is 0.308. The second-order valence-electron chi connectivity index (χ2n) is 4.76. The molecule has 1 aromatic carbocycles. The Labute approximate surface area is 104 Å². The Morgan fingerprint density at radius 2 is 2.39 bits per heavy atom. The van der Waals surface area contributed by atoms with Crippen molar-refractivity contribution in [2.24, 2.45) is 5.73 Å². The Morgan fingerprint density at radius 3 is 3.00 bits per heavy atom. The van der Waals surface area contributed by atoms with Crippen molar-refractivity contribution in [3.63, 3.8) is 0 Å². The number of aliphatic carboxylic acids is 1. The summed E-state index contributed by atoms with van der Waals surface area (Å²) >= 11 is 0. The van der Waals surface area contributed by atoms with Crippen LogP contribution in [0.3, 0.4) is 0 Å². The number of benzene rings is 1. The normalized spacial score (nSPS) is 26.2. The molecular formula is C13H14N2O3. The Morgan fingerprint density at radius 1 is 1.61 bits per heavy atom. The molecule has 0 aliphatic heterocycles. The molecule has 1 aromatic heterocycles. The number of hydrogen-bond donors (Lipinski definition) is 3. The zero-order valence-corrected chi connectivity index (χ0v) is 9.93. The van der Waals surface area contributed by atoms with Gasteiger partial charge >= 0.3 is 5.97 Å². The van der Waals surface area contributed by atoms with Crippen LogP contribution >= 0.6 is 0 Å². The molecule has 2 aromatic rings. The predicted molar refractivity (Wildman–Crippen MR) is 66.8 cm³/mol. The lowest BCUT2D eigenvalue weighted by molar-refractivity contribution is -0.139. The molecule has 5 heteroatoms. The van der Waals surface area contributed by atoms with Gasteiger partial charge in [-0.2, -0.15) is 0 Å². The highest BCUT2D eigenvalue weighted by molar-refractivity contribution is 5.91. The van der Waals surface area contributed by atoms with Crippen molar-refractivity contribution in [3.05, 3.63) is 30.0 Å². The lowest BCUT2D eigenvalue weighted by Gasteiger charge is -2.05. The number of fused-ring (bicyclic) bond motifs is 1. The van der Waals surface area contributed by atoms with Crippen molar-refractivity contribution >= 4 is 16.9 Å². The second-order valence-corrected chi connectivity index (χ2v) is 4.76. The van der Waals surface area contributed by atoms with Crippen LogP contribution in [-0.4, -0.2) is 28.7 Å². The Kier molecular flexibility index (Phi) is 2.15. The summed E-state index contributed by atoms with van der Waals surface area (Å²) in [6, 6.07) is 5.68. The number of H-pyrrole nitrogens is 1. The standard InChI is InChI=1S/C13H14N2O3/c1-18-7-2-3-11-8(4-7)9(6-15-11)10-5-13(10,14)12(16)17/h2-4,6,10,15H,5,14H2,1H3,(H,16,17). The number of carboxylic acid groups (broad SMARTS) is 1. The summed E-state index contributed by atoms with van der Waals surface area (Å²) in [7, 11) is 1.61. The largest absolute Gasteiger partial charge is 0.497 e. The summed E-state index contributed by atoms with van der Waals surface area (Å²) < 4.78 is 5.18. The van der Waals surface area contributed by atoms with E-state index in [1.807, 2.05) is 24.4 Å². The number of carbonyl (C=O) groups is 1. The van der Waals surface area contributed by atoms with E-state index in [4.69, 9.17) is 15.6 Å². The first-order valence-electron chi connectivity index (χ1n) is 5.73. The quantitative estimate of drug-likeness (QED) is 0.764. The van der Waals surface area contributed by atoms with Gasteiger partial charge in [0.1, 0.15) is 11.3 Å². The topological polar surface area (TPSA) is 88.3 Å². The average molecular weight is 246 g/mol. The minimum absolute atomic E-state index is 0.129. The second kappa shape index (κ2) is 3.49. The molecule has 1 heterocycles. The molecule has 18 heavy (non-hydrogen) atoms. The summed E-state index contributed by atoms with van der Waals surface area (Å²) in [4.78, 5) is 14.2. The highest BCUT2D eigenvalue weighted by Gasteiger charge is 2.58. The maximum absolute atomic E-state index is 11.1. The molecule has 0 bridgehead atoms. The number of ether oxygens (including phenoxy) is 1. The summed E-state index contributed by atoms with van der Waals surface area (Å²) in [6.07, 6.45) is 2.32. The molecule has 0 amide bonds. The number of rotatable bonds is 3. The summed E-state index contributed by atoms with van der Waals surface area (Å²) in [6.45, 7) is 0. The van der Waals surface area contributed by atoms with Crippen LogP contribution in [0.25, 0.3) is 10.9 Å². The van der Waals surface area contributed by atoms with Crippen molar-refractivity contribution in [2.75, 3.05) is 7.11 Å². The maximum atomic E-state index is 11.1. The summed E-state index contributed by atoms with van der Waals surface area (Å²) in [5.74, 6) is -0.317. The first-order valence-corrected chi connectivity index (χ1v) is 5.73. The van der Waals surface area contributed by atoms with Gasteiger partial charge in [-0.3, -0.25) is 4.79 Å². The zero-order valence-electron chi connectivity index (χ0n) is 9.93. The minimum atomic E-state index is -1.11. The molecule has 1 aliphatic carbocycles. The van der Waals surface area contributed by atoms with E-state index in [1.54, 1.807) is 7.11 Å². The van der Waals surface area contributed by atoms with Gasteiger partial charge in [-0.15, -0.1) is 0 Å². The monoisotopic (exact) mass is 246 g/mol. The van der Waals surface area contributed by atoms with Crippen LogP contribution in [0.5, 0.6) is 5.75 Å². The fourth-order valence-corrected chi connectivity index (χ4v) is 2.44. The lowest BCUT2D eigenvalue weighted by Crippen LogP contribution is -2.34. The van der Waals surface area contributed by atoms with E-state index in [1.165, 1.54) is 0 Å². The van der Waals surface area contributed by atoms with E-state index in [-0.39, 0.29) is 5.92 Å². The molecule has 1 fully saturated rings. The lowest BCUT2D eigenvalue weighted by atomic mass is 10.1. The molecule has 94 valence electrons. The highest BCUT2D eigenvalue weighted by Crippen LogP contribution is 2.51. The Hall–Kier alpha value is -2.01. The Balaban J connectivity index is 2.06. The minimum Gasteiger partial charge on any atom is -0.497 e. The van der Waals surface area contributed by atoms with Crippen molar-refractivity contribution in [2.45, 2.75) is 17.9 Å². The van der Waals surface area contributed by atoms with Gasteiger partial charge in [-0.1, -0.05) is 0 Å². The van der Waals surface area contributed by atoms with Gasteiger partial charge in [-0.25, -0.2) is 0 Å². The third-order valence-corrected chi connectivity index (χ3v) is 3.70. The molecular weight excluding hydrogens is 232 g/mol. The molecule has 0 spiro atoms. The smallest absolute Gasteiger partial charge is 0.324 e. The molecule has 4 N–H and O–H groups in total. The van der Waals surface area contributed by atoms with Crippen LogP contribution in [0.15, 0.2) is 24.4 Å². The van der Waals surface area contributed by atoms with E-state index in [0.29, 0.717) is 6.42 Å². The van der Waals surface area contributed by atoms with Gasteiger partial charge in [-0.05, 0) is 30.2 Å². The van der Waals surface area contributed by atoms with Gasteiger partial charge in [0, 0.05) is 23.0 Å². The number of methoxy groups -OCH3 is 1. The van der Waals surface area contributed by atoms with Crippen LogP contribution in [0.1, 0.15) is 17.9 Å². The van der Waals surface area contributed by atoms with Gasteiger partial charge in [0.05, 0.1) is 7.11 Å². The summed E-state index contributed by atoms with van der Waals surface area (Å²) in [5, 5.41) is 10.1. The number of nitrogens with one attached hydrogen (secondary N) is 1. The number of hydrogen-bond acceptors (Lipinski definition) is 3. The van der Waals surface area contributed by atoms with E-state index >= 15 is 0 Å². The number of nitrogens with two attached hydrogens (primary N) is 1. The number of carboxylic acids is 1. The van der Waals surface area contributed by atoms with Crippen LogP contribution in [0, 0.1) is 0 Å². The van der Waals surface area contributed by atoms with Crippen molar-refractivity contribution < 1.29 is 14.6 Å². The molecule has 3 rings (SSSR count). The fourth-order valence-electron chi connectivity index (χ4n) is 2.44. The van der Waals surface area contributed by atoms with Gasteiger partial charge in [0.25, 0.3) is 0 Å². The van der Waals surface area contributed by atoms with E-state index in [2.05, 4.69) is 4.98 Å². The van der Waals surface area contributed by atoms with Gasteiger partial charge in [0.15, 0.2) is 0 Å². The van der Waals surface area contributed by atoms with Crippen molar-refractivity contribution in [1.29, 1.82) is 0 Å². The third-order valence-electron chi connectivity index (χ3n) is 3.70. The van der Waals surface area contributed by atoms with E-state index < -0.39 is 11.5 Å². The highest BCUT2D eigenvalue weighted by atomic mass is 16.5. The SMILES string of the molecule is COc1ccc2[nH]cc(C3CC3(N)C(=O)O)c2c1. The first kappa shape index (κ1) is 11.1. The van der Waals surface area contributed by atoms with Crippen molar-refractivity contribution in [1.82, 2.24) is 4.98 Å². The molecule has 1 saturated carbocycles. The van der Waals surface area contributed by atoms with Crippen LogP contribution in [0.2, 0.25) is 0 Å². The number of aromatic amines is 1.